The van der Waals surface area contributed by atoms with Crippen LogP contribution in [0.4, 0.5) is 35.5 Å². The maximum Gasteiger partial charge on any atom is 0.508 e. The van der Waals surface area contributed by atoms with Crippen LogP contribution in [0.2, 0.25) is 0 Å². The molecular formula is C10H11F7O5. The summed E-state index contributed by atoms with van der Waals surface area (Å²) in [4.78, 5) is 10.6. The molecule has 1 aliphatic heterocycles. The summed E-state index contributed by atoms with van der Waals surface area (Å²) in [7, 11) is 0. The van der Waals surface area contributed by atoms with Crippen LogP contribution in [0.15, 0.2) is 0 Å². The third-order valence-electron chi connectivity index (χ3n) is 2.36. The van der Waals surface area contributed by atoms with E-state index in [9.17, 15) is 35.5 Å². The molecule has 0 aromatic rings. The highest BCUT2D eigenvalue weighted by atomic mass is 19.4. The first-order valence-electron chi connectivity index (χ1n) is 5.78. The standard InChI is InChI=1S/C10H11F7O5/c1-5(10(15,16)17)22-9(14,4-8(11,12)13)20-3-6-2-19-7(18)21-6/h5-6H,2-4H2,1H3. The van der Waals surface area contributed by atoms with Crippen molar-refractivity contribution in [3.63, 3.8) is 0 Å². The fourth-order valence-electron chi connectivity index (χ4n) is 1.36. The number of alkyl halides is 7. The maximum absolute atomic E-state index is 14.0. The van der Waals surface area contributed by atoms with E-state index in [0.717, 1.165) is 0 Å². The summed E-state index contributed by atoms with van der Waals surface area (Å²) in [6.07, 6.45) is -18.0. The summed E-state index contributed by atoms with van der Waals surface area (Å²) < 4.78 is 104. The Kier molecular flexibility index (Phi) is 5.49. The molecule has 0 aliphatic carbocycles. The molecule has 0 aromatic heterocycles. The number of carbonyl (C=O) groups excluding carboxylic acids is 1. The summed E-state index contributed by atoms with van der Waals surface area (Å²) in [6, 6.07) is -4.08. The van der Waals surface area contributed by atoms with Crippen molar-refractivity contribution in [3.8, 4) is 0 Å². The van der Waals surface area contributed by atoms with Gasteiger partial charge < -0.3 is 18.9 Å². The lowest BCUT2D eigenvalue weighted by Gasteiger charge is -2.30. The van der Waals surface area contributed by atoms with Crippen LogP contribution in [0, 0.1) is 0 Å². The van der Waals surface area contributed by atoms with Crippen LogP contribution in [0.5, 0.6) is 0 Å². The fraction of sp³-hybridized carbons (Fsp3) is 0.900. The zero-order chi connectivity index (χ0) is 17.2. The van der Waals surface area contributed by atoms with Gasteiger partial charge in [0, 0.05) is 0 Å². The molecule has 130 valence electrons. The molecule has 0 N–H and O–H groups in total. The van der Waals surface area contributed by atoms with Gasteiger partial charge in [-0.2, -0.15) is 30.7 Å². The van der Waals surface area contributed by atoms with Crippen molar-refractivity contribution >= 4 is 6.16 Å². The number of cyclic esters (lactones) is 2. The molecule has 1 saturated heterocycles. The lowest BCUT2D eigenvalue weighted by Crippen LogP contribution is -2.44. The lowest BCUT2D eigenvalue weighted by atomic mass is 10.3. The monoisotopic (exact) mass is 344 g/mol. The van der Waals surface area contributed by atoms with E-state index in [2.05, 4.69) is 18.9 Å². The van der Waals surface area contributed by atoms with Crippen LogP contribution in [-0.4, -0.2) is 50.0 Å². The number of carbonyl (C=O) groups is 1. The molecule has 0 bridgehead atoms. The number of ether oxygens (including phenoxy) is 4. The summed E-state index contributed by atoms with van der Waals surface area (Å²) >= 11 is 0. The zero-order valence-corrected chi connectivity index (χ0v) is 11.0. The summed E-state index contributed by atoms with van der Waals surface area (Å²) in [5, 5.41) is 0. The fourth-order valence-corrected chi connectivity index (χ4v) is 1.36. The Labute approximate surface area is 119 Å². The largest absolute Gasteiger partial charge is 0.508 e. The average molecular weight is 344 g/mol. The molecule has 1 aliphatic rings. The Bertz CT molecular complexity index is 396. The predicted octanol–water partition coefficient (Wildman–Crippen LogP) is 3.08. The minimum atomic E-state index is -5.19. The van der Waals surface area contributed by atoms with Gasteiger partial charge in [-0.25, -0.2) is 4.79 Å². The summed E-state index contributed by atoms with van der Waals surface area (Å²) in [6.45, 7) is -1.08. The van der Waals surface area contributed by atoms with Crippen molar-refractivity contribution < 1.29 is 54.5 Å². The first-order valence-corrected chi connectivity index (χ1v) is 5.78. The molecule has 0 amide bonds. The first-order chi connectivity index (χ1) is 9.81. The van der Waals surface area contributed by atoms with Gasteiger partial charge in [0.15, 0.2) is 12.2 Å². The minimum absolute atomic E-state index is 0.326. The Hall–Kier alpha value is -1.30. The van der Waals surface area contributed by atoms with E-state index in [1.807, 2.05) is 0 Å². The molecule has 0 spiro atoms. The maximum atomic E-state index is 14.0. The van der Waals surface area contributed by atoms with Gasteiger partial charge in [-0.3, -0.25) is 0 Å². The second kappa shape index (κ2) is 6.44. The SMILES string of the molecule is CC(OC(F)(CC(F)(F)F)OCC1COC(=O)O1)C(F)(F)F. The summed E-state index contributed by atoms with van der Waals surface area (Å²) in [5.41, 5.74) is 0. The molecule has 1 fully saturated rings. The second-order valence-electron chi connectivity index (χ2n) is 4.37. The van der Waals surface area contributed by atoms with E-state index >= 15 is 0 Å². The highest BCUT2D eigenvalue weighted by Gasteiger charge is 2.51. The van der Waals surface area contributed by atoms with Crippen LogP contribution in [0.25, 0.3) is 0 Å². The van der Waals surface area contributed by atoms with E-state index in [1.165, 1.54) is 0 Å². The number of hydrogen-bond donors (Lipinski definition) is 0. The van der Waals surface area contributed by atoms with Gasteiger partial charge in [0.2, 0.25) is 0 Å². The van der Waals surface area contributed by atoms with Crippen LogP contribution in [0.3, 0.4) is 0 Å². The Morgan fingerprint density at radius 3 is 2.23 bits per heavy atom. The number of rotatable bonds is 6. The Balaban J connectivity index is 2.71. The van der Waals surface area contributed by atoms with Gasteiger partial charge in [0.05, 0.1) is 6.61 Å². The van der Waals surface area contributed by atoms with Crippen molar-refractivity contribution in [1.29, 1.82) is 0 Å². The summed E-state index contributed by atoms with van der Waals surface area (Å²) in [5.74, 6) is 0. The predicted molar refractivity (Wildman–Crippen MR) is 53.3 cm³/mol. The second-order valence-corrected chi connectivity index (χ2v) is 4.37. The molecule has 0 saturated carbocycles. The van der Waals surface area contributed by atoms with Crippen LogP contribution < -0.4 is 0 Å². The smallest absolute Gasteiger partial charge is 0.430 e. The number of hydrogen-bond acceptors (Lipinski definition) is 5. The van der Waals surface area contributed by atoms with Crippen LogP contribution >= 0.6 is 0 Å². The highest BCUT2D eigenvalue weighted by molar-refractivity contribution is 5.61. The van der Waals surface area contributed by atoms with Crippen molar-refractivity contribution in [3.05, 3.63) is 0 Å². The molecule has 3 atom stereocenters. The van der Waals surface area contributed by atoms with Crippen LogP contribution in [-0.2, 0) is 18.9 Å². The van der Waals surface area contributed by atoms with Gasteiger partial charge in [-0.05, 0) is 6.92 Å². The molecule has 0 aromatic carbocycles. The molecule has 22 heavy (non-hydrogen) atoms. The van der Waals surface area contributed by atoms with Crippen molar-refractivity contribution in [2.45, 2.75) is 43.9 Å². The van der Waals surface area contributed by atoms with Crippen molar-refractivity contribution in [2.75, 3.05) is 13.2 Å². The molecule has 12 heteroatoms. The van der Waals surface area contributed by atoms with Gasteiger partial charge in [0.1, 0.15) is 13.0 Å². The van der Waals surface area contributed by atoms with Gasteiger partial charge >= 0.3 is 24.5 Å². The Morgan fingerprint density at radius 2 is 1.82 bits per heavy atom. The normalized spacial score (nSPS) is 23.6. The quantitative estimate of drug-likeness (QED) is 0.421. The molecule has 3 unspecified atom stereocenters. The van der Waals surface area contributed by atoms with E-state index in [1.54, 1.807) is 0 Å². The number of halogens is 7. The molecule has 1 rings (SSSR count). The van der Waals surface area contributed by atoms with E-state index in [4.69, 9.17) is 0 Å². The van der Waals surface area contributed by atoms with Crippen LogP contribution in [0.1, 0.15) is 13.3 Å². The van der Waals surface area contributed by atoms with Gasteiger partial charge in [-0.1, -0.05) is 0 Å². The third kappa shape index (κ3) is 6.22. The van der Waals surface area contributed by atoms with Gasteiger partial charge in [0.25, 0.3) is 0 Å². The molecular weight excluding hydrogens is 333 g/mol. The topological polar surface area (TPSA) is 54.0 Å². The van der Waals surface area contributed by atoms with Crippen molar-refractivity contribution in [1.82, 2.24) is 0 Å². The average Bonchev–Trinajstić information content (AvgIpc) is 2.69. The molecule has 0 radical (unpaired) electrons. The zero-order valence-electron chi connectivity index (χ0n) is 11.0. The van der Waals surface area contributed by atoms with E-state index in [-0.39, 0.29) is 0 Å². The Morgan fingerprint density at radius 1 is 1.23 bits per heavy atom. The lowest BCUT2D eigenvalue weighted by molar-refractivity contribution is -0.392. The first kappa shape index (κ1) is 18.7. The van der Waals surface area contributed by atoms with Crippen molar-refractivity contribution in [2.24, 2.45) is 0 Å². The molecule has 1 heterocycles. The molecule has 5 nitrogen and oxygen atoms in total. The minimum Gasteiger partial charge on any atom is -0.430 e. The van der Waals surface area contributed by atoms with Gasteiger partial charge in [-0.15, -0.1) is 0 Å². The third-order valence-corrected chi connectivity index (χ3v) is 2.36. The van der Waals surface area contributed by atoms with E-state index < -0.39 is 56.4 Å². The van der Waals surface area contributed by atoms with E-state index in [0.29, 0.717) is 6.92 Å². The highest BCUT2D eigenvalue weighted by Crippen LogP contribution is 2.36.